The topological polar surface area (TPSA) is 82.0 Å². The number of benzene rings is 1. The first-order chi connectivity index (χ1) is 10.2. The fourth-order valence-electron chi connectivity index (χ4n) is 2.98. The van der Waals surface area contributed by atoms with Gasteiger partial charge in [-0.2, -0.15) is 0 Å². The van der Waals surface area contributed by atoms with E-state index < -0.39 is 24.0 Å². The Kier molecular flexibility index (Phi) is 4.94. The lowest BCUT2D eigenvalue weighted by molar-refractivity contribution is -0.207. The minimum absolute atomic E-state index is 0.0567. The summed E-state index contributed by atoms with van der Waals surface area (Å²) in [6, 6.07) is 7.61. The first-order valence-electron chi connectivity index (χ1n) is 7.71. The van der Waals surface area contributed by atoms with E-state index in [0.717, 1.165) is 11.1 Å². The lowest BCUT2D eigenvalue weighted by Gasteiger charge is -2.48. The summed E-state index contributed by atoms with van der Waals surface area (Å²) in [6.07, 6.45) is -2.35. The molecule has 0 aliphatic heterocycles. The maximum absolute atomic E-state index is 10.7. The van der Waals surface area contributed by atoms with Crippen molar-refractivity contribution < 1.29 is 20.1 Å². The molecule has 1 aromatic rings. The third-order valence-electron chi connectivity index (χ3n) is 3.74. The van der Waals surface area contributed by atoms with E-state index in [0.29, 0.717) is 6.42 Å². The fourth-order valence-corrected chi connectivity index (χ4v) is 2.98. The van der Waals surface area contributed by atoms with E-state index in [-0.39, 0.29) is 12.1 Å². The van der Waals surface area contributed by atoms with E-state index in [9.17, 15) is 15.3 Å². The molecule has 0 aromatic heterocycles. The van der Waals surface area contributed by atoms with Crippen LogP contribution >= 0.6 is 0 Å². The molecule has 0 radical (unpaired) electrons. The van der Waals surface area contributed by atoms with E-state index in [2.05, 4.69) is 5.32 Å². The lowest BCUT2D eigenvalue weighted by atomic mass is 9.79. The number of nitrogens with one attached hydrogen (secondary N) is 1. The van der Waals surface area contributed by atoms with Crippen LogP contribution in [0, 0.1) is 0 Å². The summed E-state index contributed by atoms with van der Waals surface area (Å²) in [7, 11) is 0. The van der Waals surface area contributed by atoms with E-state index in [4.69, 9.17) is 4.74 Å². The number of hydrogen-bond acceptors (Lipinski definition) is 5. The standard InChI is InChI=1S/C17H27NO4/c1-11(19)10-22-17(18-16(2,3)4)13-8-6-5-7-12(13)9-14(20)15(17)21/h5-8,11,14-15,18-21H,9-10H2,1-4H3. The van der Waals surface area contributed by atoms with Gasteiger partial charge in [0.1, 0.15) is 6.10 Å². The minimum atomic E-state index is -1.25. The normalized spacial score (nSPS) is 30.0. The Hall–Kier alpha value is -0.980. The largest absolute Gasteiger partial charge is 0.391 e. The van der Waals surface area contributed by atoms with Crippen LogP contribution in [-0.2, 0) is 16.9 Å². The van der Waals surface area contributed by atoms with E-state index in [1.54, 1.807) is 6.92 Å². The smallest absolute Gasteiger partial charge is 0.174 e. The Morgan fingerprint density at radius 3 is 2.55 bits per heavy atom. The molecule has 0 bridgehead atoms. The molecule has 0 spiro atoms. The maximum Gasteiger partial charge on any atom is 0.174 e. The number of aliphatic hydroxyl groups is 3. The molecule has 0 amide bonds. The molecule has 0 saturated heterocycles. The third-order valence-corrected chi connectivity index (χ3v) is 3.74. The van der Waals surface area contributed by atoms with Gasteiger partial charge < -0.3 is 20.1 Å². The van der Waals surface area contributed by atoms with Crippen molar-refractivity contribution in [3.8, 4) is 0 Å². The van der Waals surface area contributed by atoms with Crippen molar-refractivity contribution in [2.24, 2.45) is 0 Å². The highest BCUT2D eigenvalue weighted by molar-refractivity contribution is 5.37. The Labute approximate surface area is 131 Å². The second-order valence-electron chi connectivity index (χ2n) is 7.14. The SMILES string of the molecule is CC(O)COC1(NC(C)(C)C)c2ccccc2CC(O)C1O. The van der Waals surface area contributed by atoms with Crippen LogP contribution in [0.15, 0.2) is 24.3 Å². The predicted molar refractivity (Wildman–Crippen MR) is 84.4 cm³/mol. The highest BCUT2D eigenvalue weighted by atomic mass is 16.5. The maximum atomic E-state index is 10.7. The van der Waals surface area contributed by atoms with Gasteiger partial charge in [-0.05, 0) is 33.3 Å². The number of fused-ring (bicyclic) bond motifs is 1. The summed E-state index contributed by atoms with van der Waals surface area (Å²) in [5.41, 5.74) is 0.138. The van der Waals surface area contributed by atoms with Gasteiger partial charge >= 0.3 is 0 Å². The monoisotopic (exact) mass is 309 g/mol. The molecule has 4 unspecified atom stereocenters. The van der Waals surface area contributed by atoms with Gasteiger partial charge in [0.25, 0.3) is 0 Å². The quantitative estimate of drug-likeness (QED) is 0.621. The number of rotatable bonds is 4. The predicted octanol–water partition coefficient (Wildman–Crippen LogP) is 0.903. The average Bonchev–Trinajstić information content (AvgIpc) is 2.41. The molecule has 1 aliphatic rings. The zero-order chi connectivity index (χ0) is 16.5. The van der Waals surface area contributed by atoms with Crippen molar-refractivity contribution in [2.45, 2.75) is 63.7 Å². The number of hydrogen-bond donors (Lipinski definition) is 4. The molecule has 22 heavy (non-hydrogen) atoms. The molecule has 5 heteroatoms. The van der Waals surface area contributed by atoms with Gasteiger partial charge in [-0.3, -0.25) is 5.32 Å². The van der Waals surface area contributed by atoms with Gasteiger partial charge in [0.05, 0.1) is 18.8 Å². The zero-order valence-corrected chi connectivity index (χ0v) is 13.7. The van der Waals surface area contributed by atoms with Crippen LogP contribution in [0.1, 0.15) is 38.8 Å². The van der Waals surface area contributed by atoms with Gasteiger partial charge in [0.15, 0.2) is 5.72 Å². The Morgan fingerprint density at radius 1 is 1.32 bits per heavy atom. The second-order valence-corrected chi connectivity index (χ2v) is 7.14. The highest BCUT2D eigenvalue weighted by Crippen LogP contribution is 2.38. The molecule has 4 atom stereocenters. The van der Waals surface area contributed by atoms with Gasteiger partial charge in [-0.15, -0.1) is 0 Å². The highest BCUT2D eigenvalue weighted by Gasteiger charge is 2.50. The molecular weight excluding hydrogens is 282 g/mol. The summed E-state index contributed by atoms with van der Waals surface area (Å²) in [6.45, 7) is 7.59. The van der Waals surface area contributed by atoms with Gasteiger partial charge in [0, 0.05) is 17.5 Å². The van der Waals surface area contributed by atoms with Crippen molar-refractivity contribution in [1.29, 1.82) is 0 Å². The van der Waals surface area contributed by atoms with Crippen LogP contribution in [0.5, 0.6) is 0 Å². The zero-order valence-electron chi connectivity index (χ0n) is 13.7. The first-order valence-corrected chi connectivity index (χ1v) is 7.71. The molecular formula is C17H27NO4. The van der Waals surface area contributed by atoms with Crippen LogP contribution in [0.2, 0.25) is 0 Å². The van der Waals surface area contributed by atoms with Crippen molar-refractivity contribution in [1.82, 2.24) is 5.32 Å². The van der Waals surface area contributed by atoms with Crippen LogP contribution in [0.4, 0.5) is 0 Å². The van der Waals surface area contributed by atoms with Crippen LogP contribution in [0.3, 0.4) is 0 Å². The summed E-state index contributed by atoms with van der Waals surface area (Å²) < 4.78 is 5.95. The van der Waals surface area contributed by atoms with Crippen LogP contribution in [0.25, 0.3) is 0 Å². The van der Waals surface area contributed by atoms with Crippen molar-refractivity contribution in [3.63, 3.8) is 0 Å². The van der Waals surface area contributed by atoms with Gasteiger partial charge in [-0.25, -0.2) is 0 Å². The molecule has 0 heterocycles. The lowest BCUT2D eigenvalue weighted by Crippen LogP contribution is -2.65. The average molecular weight is 309 g/mol. The molecule has 124 valence electrons. The molecule has 4 N–H and O–H groups in total. The Morgan fingerprint density at radius 2 is 1.95 bits per heavy atom. The Bertz CT molecular complexity index is 512. The molecule has 0 saturated carbocycles. The fraction of sp³-hybridized carbons (Fsp3) is 0.647. The summed E-state index contributed by atoms with van der Waals surface area (Å²) in [5, 5.41) is 33.9. The second kappa shape index (κ2) is 6.26. The Balaban J connectivity index is 2.52. The summed E-state index contributed by atoms with van der Waals surface area (Å²) in [5.74, 6) is 0. The van der Waals surface area contributed by atoms with Crippen molar-refractivity contribution >= 4 is 0 Å². The van der Waals surface area contributed by atoms with E-state index in [1.807, 2.05) is 45.0 Å². The van der Waals surface area contributed by atoms with E-state index in [1.165, 1.54) is 0 Å². The van der Waals surface area contributed by atoms with E-state index >= 15 is 0 Å². The van der Waals surface area contributed by atoms with Crippen molar-refractivity contribution in [2.75, 3.05) is 6.61 Å². The molecule has 2 rings (SSSR count). The van der Waals surface area contributed by atoms with Crippen molar-refractivity contribution in [3.05, 3.63) is 35.4 Å². The first kappa shape index (κ1) is 17.4. The minimum Gasteiger partial charge on any atom is -0.391 e. The number of ether oxygens (including phenoxy) is 1. The molecule has 1 aliphatic carbocycles. The number of aliphatic hydroxyl groups excluding tert-OH is 3. The summed E-state index contributed by atoms with van der Waals surface area (Å²) >= 11 is 0. The third kappa shape index (κ3) is 3.50. The van der Waals surface area contributed by atoms with Gasteiger partial charge in [0.2, 0.25) is 0 Å². The molecule has 1 aromatic carbocycles. The summed E-state index contributed by atoms with van der Waals surface area (Å²) in [4.78, 5) is 0. The molecule has 0 fully saturated rings. The van der Waals surface area contributed by atoms with Crippen LogP contribution in [-0.4, -0.2) is 45.8 Å². The van der Waals surface area contributed by atoms with Crippen LogP contribution < -0.4 is 5.32 Å². The molecule has 5 nitrogen and oxygen atoms in total. The van der Waals surface area contributed by atoms with Gasteiger partial charge in [-0.1, -0.05) is 24.3 Å².